The summed E-state index contributed by atoms with van der Waals surface area (Å²) in [5.74, 6) is 0.681. The number of anilines is 1. The van der Waals surface area contributed by atoms with E-state index in [4.69, 9.17) is 14.5 Å². The van der Waals surface area contributed by atoms with Crippen molar-refractivity contribution in [3.8, 4) is 17.0 Å². The molecule has 2 heterocycles. The van der Waals surface area contributed by atoms with Crippen LogP contribution in [0.1, 0.15) is 56.5 Å². The number of carbonyl (C=O) groups is 2. The van der Waals surface area contributed by atoms with Crippen LogP contribution in [0.25, 0.3) is 22.2 Å². The number of aromatic nitrogens is 1. The largest absolute Gasteiger partial charge is 0.497 e. The molecular formula is C30H30N2O4S. The Kier molecular flexibility index (Phi) is 6.98. The van der Waals surface area contributed by atoms with E-state index in [2.05, 4.69) is 12.2 Å². The summed E-state index contributed by atoms with van der Waals surface area (Å²) in [6, 6.07) is 15.3. The molecule has 0 fully saturated rings. The van der Waals surface area contributed by atoms with Crippen molar-refractivity contribution in [2.24, 2.45) is 5.92 Å². The van der Waals surface area contributed by atoms with Gasteiger partial charge in [0.1, 0.15) is 10.8 Å². The second kappa shape index (κ2) is 10.3. The van der Waals surface area contributed by atoms with Crippen LogP contribution in [-0.4, -0.2) is 31.1 Å². The molecule has 2 aromatic carbocycles. The molecule has 1 unspecified atom stereocenters. The fourth-order valence-corrected chi connectivity index (χ4v) is 6.55. The van der Waals surface area contributed by atoms with E-state index in [1.54, 1.807) is 7.11 Å². The molecule has 4 aromatic rings. The third-order valence-corrected chi connectivity index (χ3v) is 8.46. The summed E-state index contributed by atoms with van der Waals surface area (Å²) in [6.45, 7) is 4.12. The third kappa shape index (κ3) is 4.60. The van der Waals surface area contributed by atoms with Crippen molar-refractivity contribution in [3.05, 3.63) is 75.7 Å². The number of benzene rings is 2. The normalized spacial score (nSPS) is 14.8. The first kappa shape index (κ1) is 25.0. The molecular weight excluding hydrogens is 484 g/mol. The van der Waals surface area contributed by atoms with Gasteiger partial charge in [0.15, 0.2) is 0 Å². The van der Waals surface area contributed by atoms with Gasteiger partial charge in [0.25, 0.3) is 5.91 Å². The highest BCUT2D eigenvalue weighted by molar-refractivity contribution is 7.17. The minimum Gasteiger partial charge on any atom is -0.497 e. The highest BCUT2D eigenvalue weighted by atomic mass is 32.1. The first-order valence-corrected chi connectivity index (χ1v) is 13.3. The van der Waals surface area contributed by atoms with Gasteiger partial charge < -0.3 is 14.8 Å². The molecule has 6 nitrogen and oxygen atoms in total. The number of methoxy groups -OCH3 is 2. The van der Waals surface area contributed by atoms with E-state index in [1.165, 1.54) is 23.3 Å². The lowest BCUT2D eigenvalue weighted by atomic mass is 9.85. The highest BCUT2D eigenvalue weighted by Crippen LogP contribution is 2.41. The molecule has 1 atom stereocenters. The molecule has 37 heavy (non-hydrogen) atoms. The first-order chi connectivity index (χ1) is 17.9. The molecule has 1 N–H and O–H groups in total. The van der Waals surface area contributed by atoms with E-state index >= 15 is 0 Å². The van der Waals surface area contributed by atoms with E-state index in [9.17, 15) is 9.59 Å². The monoisotopic (exact) mass is 514 g/mol. The predicted octanol–water partition coefficient (Wildman–Crippen LogP) is 6.83. The molecule has 0 saturated heterocycles. The fourth-order valence-electron chi connectivity index (χ4n) is 5.20. The summed E-state index contributed by atoms with van der Waals surface area (Å²) in [4.78, 5) is 32.8. The van der Waals surface area contributed by atoms with Crippen LogP contribution in [0.4, 0.5) is 5.00 Å². The van der Waals surface area contributed by atoms with E-state index in [0.29, 0.717) is 22.0 Å². The Morgan fingerprint density at radius 2 is 1.84 bits per heavy atom. The van der Waals surface area contributed by atoms with Crippen molar-refractivity contribution in [1.29, 1.82) is 0 Å². The maximum atomic E-state index is 13.9. The molecule has 190 valence electrons. The minimum atomic E-state index is -0.405. The Bertz CT molecular complexity index is 1490. The van der Waals surface area contributed by atoms with Gasteiger partial charge in [-0.3, -0.25) is 4.79 Å². The summed E-state index contributed by atoms with van der Waals surface area (Å²) in [6.07, 6.45) is 3.89. The number of nitrogens with one attached hydrogen (secondary N) is 1. The molecule has 1 amide bonds. The number of rotatable bonds is 6. The average molecular weight is 515 g/mol. The van der Waals surface area contributed by atoms with Gasteiger partial charge in [0, 0.05) is 15.8 Å². The van der Waals surface area contributed by atoms with Gasteiger partial charge in [-0.2, -0.15) is 0 Å². The summed E-state index contributed by atoms with van der Waals surface area (Å²) < 4.78 is 10.4. The smallest absolute Gasteiger partial charge is 0.341 e. The lowest BCUT2D eigenvalue weighted by Crippen LogP contribution is -2.18. The van der Waals surface area contributed by atoms with E-state index in [1.807, 2.05) is 55.5 Å². The van der Waals surface area contributed by atoms with Crippen molar-refractivity contribution >= 4 is 39.1 Å². The average Bonchev–Trinajstić information content (AvgIpc) is 3.28. The van der Waals surface area contributed by atoms with Crippen LogP contribution < -0.4 is 10.1 Å². The second-order valence-electron chi connectivity index (χ2n) is 9.38. The van der Waals surface area contributed by atoms with Gasteiger partial charge in [0.2, 0.25) is 0 Å². The number of fused-ring (bicyclic) bond motifs is 2. The number of nitrogens with zero attached hydrogens (tertiary/aromatic N) is 1. The van der Waals surface area contributed by atoms with E-state index in [-0.39, 0.29) is 5.91 Å². The number of thiophene rings is 1. The summed E-state index contributed by atoms with van der Waals surface area (Å²) >= 11 is 1.50. The number of para-hydroxylation sites is 1. The number of hydrogen-bond acceptors (Lipinski definition) is 6. The van der Waals surface area contributed by atoms with Crippen molar-refractivity contribution in [2.45, 2.75) is 39.5 Å². The minimum absolute atomic E-state index is 0.262. The number of pyridine rings is 1. The topological polar surface area (TPSA) is 77.5 Å². The van der Waals surface area contributed by atoms with Gasteiger partial charge >= 0.3 is 5.97 Å². The Hall–Kier alpha value is -3.71. The lowest BCUT2D eigenvalue weighted by Gasteiger charge is -2.20. The number of amides is 1. The van der Waals surface area contributed by atoms with Crippen LogP contribution in [0.3, 0.4) is 0 Å². The number of ether oxygens (including phenoxy) is 2. The van der Waals surface area contributed by atoms with Crippen LogP contribution in [0.15, 0.2) is 48.5 Å². The molecule has 2 aromatic heterocycles. The number of hydrogen-bond donors (Lipinski definition) is 1. The third-order valence-electron chi connectivity index (χ3n) is 7.29. The standard InChI is InChI=1S/C30H30N2O4S/c1-5-18-10-15-22-24(16-18)37-29(26(22)30(34)36-4)32-28(33)25-17(2)27(19-11-13-20(35-3)14-12-19)31-23-9-7-6-8-21(23)25/h6-9,11-14,18H,5,10,15-16H2,1-4H3,(H,32,33). The molecule has 1 aliphatic carbocycles. The van der Waals surface area contributed by atoms with Crippen molar-refractivity contribution in [3.63, 3.8) is 0 Å². The van der Waals surface area contributed by atoms with E-state index in [0.717, 1.165) is 64.7 Å². The van der Waals surface area contributed by atoms with Crippen LogP contribution in [0, 0.1) is 12.8 Å². The SMILES string of the molecule is CCC1CCc2c(sc(NC(=O)c3c(C)c(-c4ccc(OC)cc4)nc4ccccc34)c2C(=O)OC)C1. The van der Waals surface area contributed by atoms with Crippen LogP contribution >= 0.6 is 11.3 Å². The molecule has 5 rings (SSSR count). The zero-order valence-corrected chi connectivity index (χ0v) is 22.3. The molecule has 0 spiro atoms. The first-order valence-electron chi connectivity index (χ1n) is 12.5. The van der Waals surface area contributed by atoms with Crippen molar-refractivity contribution in [2.75, 3.05) is 19.5 Å². The van der Waals surface area contributed by atoms with Gasteiger partial charge in [-0.25, -0.2) is 9.78 Å². The summed E-state index contributed by atoms with van der Waals surface area (Å²) in [5.41, 5.74) is 5.19. The molecule has 0 bridgehead atoms. The van der Waals surface area contributed by atoms with Gasteiger partial charge in [-0.1, -0.05) is 31.5 Å². The maximum absolute atomic E-state index is 13.9. The zero-order valence-electron chi connectivity index (χ0n) is 21.5. The number of carbonyl (C=O) groups excluding carboxylic acids is 2. The van der Waals surface area contributed by atoms with Crippen LogP contribution in [0.5, 0.6) is 5.75 Å². The van der Waals surface area contributed by atoms with Gasteiger partial charge in [-0.15, -0.1) is 11.3 Å². The Balaban J connectivity index is 1.60. The second-order valence-corrected chi connectivity index (χ2v) is 10.5. The Labute approximate surface area is 220 Å². The van der Waals surface area contributed by atoms with Crippen LogP contribution in [-0.2, 0) is 17.6 Å². The zero-order chi connectivity index (χ0) is 26.1. The highest BCUT2D eigenvalue weighted by Gasteiger charge is 2.30. The molecule has 0 saturated carbocycles. The molecule has 0 radical (unpaired) electrons. The van der Waals surface area contributed by atoms with Crippen LogP contribution in [0.2, 0.25) is 0 Å². The Morgan fingerprint density at radius 3 is 2.54 bits per heavy atom. The van der Waals surface area contributed by atoms with Gasteiger partial charge in [0.05, 0.1) is 36.6 Å². The Morgan fingerprint density at radius 1 is 1.08 bits per heavy atom. The fraction of sp³-hybridized carbons (Fsp3) is 0.300. The summed E-state index contributed by atoms with van der Waals surface area (Å²) in [5, 5.41) is 4.42. The quantitative estimate of drug-likeness (QED) is 0.285. The van der Waals surface area contributed by atoms with Gasteiger partial charge in [-0.05, 0) is 73.6 Å². The van der Waals surface area contributed by atoms with E-state index < -0.39 is 5.97 Å². The molecule has 7 heteroatoms. The lowest BCUT2D eigenvalue weighted by molar-refractivity contribution is 0.0600. The maximum Gasteiger partial charge on any atom is 0.341 e. The molecule has 1 aliphatic rings. The molecule has 0 aliphatic heterocycles. The van der Waals surface area contributed by atoms with Crippen molar-refractivity contribution in [1.82, 2.24) is 4.98 Å². The number of esters is 1. The summed E-state index contributed by atoms with van der Waals surface area (Å²) in [7, 11) is 3.02. The predicted molar refractivity (Wildman–Crippen MR) is 148 cm³/mol. The van der Waals surface area contributed by atoms with Crippen molar-refractivity contribution < 1.29 is 19.1 Å².